The Morgan fingerprint density at radius 2 is 1.95 bits per heavy atom. The molecule has 0 bridgehead atoms. The van der Waals surface area contributed by atoms with Gasteiger partial charge < -0.3 is 0 Å². The number of fused-ring (bicyclic) bond motifs is 1. The molecule has 7 nitrogen and oxygen atoms in total. The molecule has 3 rings (SSSR count). The molecular weight excluding hydrogens is 309 g/mol. The number of rotatable bonds is 3. The molecule has 0 unspecified atom stereocenters. The van der Waals surface area contributed by atoms with Crippen LogP contribution in [0, 0.1) is 19.7 Å². The van der Waals surface area contributed by atoms with Crippen LogP contribution in [0.15, 0.2) is 35.5 Å². The van der Waals surface area contributed by atoms with E-state index >= 15 is 0 Å². The van der Waals surface area contributed by atoms with Gasteiger partial charge in [0.15, 0.2) is 0 Å². The maximum Gasteiger partial charge on any atom is 0.299 e. The quantitative estimate of drug-likeness (QED) is 0.793. The highest BCUT2D eigenvalue weighted by Crippen LogP contribution is 2.15. The third kappa shape index (κ3) is 2.62. The van der Waals surface area contributed by atoms with Crippen LogP contribution in [0.25, 0.3) is 5.78 Å². The van der Waals surface area contributed by atoms with Gasteiger partial charge in [-0.15, -0.1) is 5.10 Å². The SMILES string of the molecule is Cc1cc(C)n2nc(S(=O)(=O)Nc3cccc(F)c3)nc2n1. The zero-order chi connectivity index (χ0) is 15.9. The summed E-state index contributed by atoms with van der Waals surface area (Å²) in [6, 6.07) is 6.89. The van der Waals surface area contributed by atoms with Gasteiger partial charge in [0.25, 0.3) is 21.0 Å². The second-order valence-corrected chi connectivity index (χ2v) is 6.34. The number of hydrogen-bond donors (Lipinski definition) is 1. The summed E-state index contributed by atoms with van der Waals surface area (Å²) < 4.78 is 41.3. The van der Waals surface area contributed by atoms with Crippen molar-refractivity contribution in [2.24, 2.45) is 0 Å². The van der Waals surface area contributed by atoms with Gasteiger partial charge in [-0.05, 0) is 38.1 Å². The van der Waals surface area contributed by atoms with Crippen LogP contribution < -0.4 is 4.72 Å². The van der Waals surface area contributed by atoms with Gasteiger partial charge in [-0.25, -0.2) is 13.9 Å². The second kappa shape index (κ2) is 5.02. The predicted molar refractivity (Wildman–Crippen MR) is 77.5 cm³/mol. The number of nitrogens with zero attached hydrogens (tertiary/aromatic N) is 4. The van der Waals surface area contributed by atoms with Crippen LogP contribution in [-0.2, 0) is 10.0 Å². The van der Waals surface area contributed by atoms with Crippen molar-refractivity contribution in [3.05, 3.63) is 47.5 Å². The van der Waals surface area contributed by atoms with Gasteiger partial charge in [0.05, 0.1) is 5.69 Å². The fourth-order valence-electron chi connectivity index (χ4n) is 2.01. The van der Waals surface area contributed by atoms with Crippen molar-refractivity contribution in [3.63, 3.8) is 0 Å². The smallest absolute Gasteiger partial charge is 0.277 e. The Kier molecular flexibility index (Phi) is 3.28. The van der Waals surface area contributed by atoms with E-state index in [0.29, 0.717) is 11.4 Å². The van der Waals surface area contributed by atoms with Crippen molar-refractivity contribution < 1.29 is 12.8 Å². The molecule has 2 aromatic heterocycles. The molecule has 0 atom stereocenters. The molecule has 0 aliphatic carbocycles. The summed E-state index contributed by atoms with van der Waals surface area (Å²) in [4.78, 5) is 8.05. The van der Waals surface area contributed by atoms with Crippen LogP contribution in [0.5, 0.6) is 0 Å². The summed E-state index contributed by atoms with van der Waals surface area (Å²) in [5.74, 6) is -0.353. The van der Waals surface area contributed by atoms with E-state index in [0.717, 1.165) is 6.07 Å². The van der Waals surface area contributed by atoms with Crippen molar-refractivity contribution in [3.8, 4) is 0 Å². The van der Waals surface area contributed by atoms with Crippen molar-refractivity contribution in [2.75, 3.05) is 4.72 Å². The molecule has 3 aromatic rings. The number of aryl methyl sites for hydroxylation is 2. The van der Waals surface area contributed by atoms with Gasteiger partial charge in [0, 0.05) is 11.4 Å². The number of nitrogens with one attached hydrogen (secondary N) is 1. The first-order valence-electron chi connectivity index (χ1n) is 6.34. The summed E-state index contributed by atoms with van der Waals surface area (Å²) in [6.07, 6.45) is 0. The highest BCUT2D eigenvalue weighted by atomic mass is 32.2. The highest BCUT2D eigenvalue weighted by molar-refractivity contribution is 7.92. The Hall–Kier alpha value is -2.55. The van der Waals surface area contributed by atoms with Crippen molar-refractivity contribution in [2.45, 2.75) is 19.0 Å². The minimum Gasteiger partial charge on any atom is -0.277 e. The fourth-order valence-corrected chi connectivity index (χ4v) is 2.93. The van der Waals surface area contributed by atoms with E-state index in [1.54, 1.807) is 19.9 Å². The first-order valence-corrected chi connectivity index (χ1v) is 7.83. The van der Waals surface area contributed by atoms with E-state index in [1.807, 2.05) is 0 Å². The standard InChI is InChI=1S/C13H12FN5O2S/c1-8-6-9(2)19-12(15-8)16-13(17-19)22(20,21)18-11-5-3-4-10(14)7-11/h3-7,18H,1-2H3. The average molecular weight is 321 g/mol. The summed E-state index contributed by atoms with van der Waals surface area (Å²) in [5.41, 5.74) is 1.52. The van der Waals surface area contributed by atoms with Crippen LogP contribution in [-0.4, -0.2) is 28.0 Å². The Bertz CT molecular complexity index is 968. The molecule has 0 saturated carbocycles. The van der Waals surface area contributed by atoms with E-state index < -0.39 is 21.0 Å². The minimum atomic E-state index is -4.02. The molecule has 0 saturated heterocycles. The molecule has 0 amide bonds. The first-order chi connectivity index (χ1) is 10.3. The first kappa shape index (κ1) is 14.4. The molecule has 9 heteroatoms. The number of anilines is 1. The van der Waals surface area contributed by atoms with Gasteiger partial charge in [0.1, 0.15) is 5.82 Å². The minimum absolute atomic E-state index is 0.0970. The molecule has 1 N–H and O–H groups in total. The summed E-state index contributed by atoms with van der Waals surface area (Å²) in [7, 11) is -4.02. The van der Waals surface area contributed by atoms with Crippen molar-refractivity contribution in [1.82, 2.24) is 19.6 Å². The van der Waals surface area contributed by atoms with Crippen LogP contribution in [0.2, 0.25) is 0 Å². The lowest BCUT2D eigenvalue weighted by molar-refractivity contribution is 0.592. The zero-order valence-electron chi connectivity index (χ0n) is 11.8. The average Bonchev–Trinajstić information content (AvgIpc) is 2.83. The Labute approximate surface area is 125 Å². The third-order valence-corrected chi connectivity index (χ3v) is 4.07. The molecule has 0 radical (unpaired) electrons. The molecule has 2 heterocycles. The Balaban J connectivity index is 2.04. The molecule has 0 spiro atoms. The number of aromatic nitrogens is 4. The van der Waals surface area contributed by atoms with E-state index in [2.05, 4.69) is 19.8 Å². The lowest BCUT2D eigenvalue weighted by Crippen LogP contribution is -2.15. The van der Waals surface area contributed by atoms with E-state index in [1.165, 1.54) is 22.7 Å². The lowest BCUT2D eigenvalue weighted by Gasteiger charge is -2.04. The second-order valence-electron chi connectivity index (χ2n) is 4.76. The monoisotopic (exact) mass is 321 g/mol. The van der Waals surface area contributed by atoms with Gasteiger partial charge in [-0.1, -0.05) is 6.07 Å². The van der Waals surface area contributed by atoms with Crippen LogP contribution in [0.1, 0.15) is 11.4 Å². The number of sulfonamides is 1. The Morgan fingerprint density at radius 1 is 1.18 bits per heavy atom. The van der Waals surface area contributed by atoms with Gasteiger partial charge >= 0.3 is 0 Å². The third-order valence-electron chi connectivity index (χ3n) is 2.92. The summed E-state index contributed by atoms with van der Waals surface area (Å²) in [5, 5.41) is 3.52. The van der Waals surface area contributed by atoms with E-state index in [-0.39, 0.29) is 11.5 Å². The molecule has 22 heavy (non-hydrogen) atoms. The predicted octanol–water partition coefficient (Wildman–Crippen LogP) is 1.68. The Morgan fingerprint density at radius 3 is 2.68 bits per heavy atom. The van der Waals surface area contributed by atoms with Gasteiger partial charge in [0.2, 0.25) is 0 Å². The maximum atomic E-state index is 13.1. The molecule has 0 aliphatic rings. The molecular formula is C13H12FN5O2S. The topological polar surface area (TPSA) is 89.3 Å². The zero-order valence-corrected chi connectivity index (χ0v) is 12.6. The van der Waals surface area contributed by atoms with Crippen molar-refractivity contribution in [1.29, 1.82) is 0 Å². The largest absolute Gasteiger partial charge is 0.299 e. The summed E-state index contributed by atoms with van der Waals surface area (Å²) >= 11 is 0. The van der Waals surface area contributed by atoms with E-state index in [9.17, 15) is 12.8 Å². The normalized spacial score (nSPS) is 11.8. The molecule has 114 valence electrons. The number of halogens is 1. The molecule has 1 aromatic carbocycles. The highest BCUT2D eigenvalue weighted by Gasteiger charge is 2.22. The maximum absolute atomic E-state index is 13.1. The van der Waals surface area contributed by atoms with Crippen LogP contribution in [0.3, 0.4) is 0 Å². The lowest BCUT2D eigenvalue weighted by atomic mass is 10.3. The van der Waals surface area contributed by atoms with Gasteiger partial charge in [-0.2, -0.15) is 13.4 Å². The van der Waals surface area contributed by atoms with Crippen LogP contribution in [0.4, 0.5) is 10.1 Å². The van der Waals surface area contributed by atoms with Gasteiger partial charge in [-0.3, -0.25) is 4.72 Å². The van der Waals surface area contributed by atoms with Crippen molar-refractivity contribution >= 4 is 21.5 Å². The molecule has 0 aliphatic heterocycles. The molecule has 0 fully saturated rings. The van der Waals surface area contributed by atoms with E-state index in [4.69, 9.17) is 0 Å². The number of hydrogen-bond acceptors (Lipinski definition) is 5. The van der Waals surface area contributed by atoms with Crippen LogP contribution >= 0.6 is 0 Å². The number of benzene rings is 1. The summed E-state index contributed by atoms with van der Waals surface area (Å²) in [6.45, 7) is 3.55. The fraction of sp³-hybridized carbons (Fsp3) is 0.154.